The molecule has 23 heavy (non-hydrogen) atoms. The van der Waals surface area contributed by atoms with E-state index in [1.54, 1.807) is 6.92 Å². The highest BCUT2D eigenvalue weighted by Gasteiger charge is 2.18. The topological polar surface area (TPSA) is 175 Å². The number of anilines is 1. The lowest BCUT2D eigenvalue weighted by atomic mass is 10.3. The molecule has 0 aliphatic carbocycles. The van der Waals surface area contributed by atoms with E-state index in [9.17, 15) is 24.8 Å². The van der Waals surface area contributed by atoms with Crippen molar-refractivity contribution in [2.45, 2.75) is 19.8 Å². The van der Waals surface area contributed by atoms with Crippen LogP contribution >= 0.6 is 11.3 Å². The number of aromatic nitrogens is 1. The van der Waals surface area contributed by atoms with Crippen molar-refractivity contribution >= 4 is 34.2 Å². The smallest absolute Gasteiger partial charge is 0.433 e. The third-order valence-corrected chi connectivity index (χ3v) is 3.68. The minimum absolute atomic E-state index is 0. The van der Waals surface area contributed by atoms with E-state index < -0.39 is 16.8 Å². The molecule has 1 amide bonds. The van der Waals surface area contributed by atoms with E-state index in [0.717, 1.165) is 11.3 Å². The molecule has 0 bridgehead atoms. The second-order valence-electron chi connectivity index (χ2n) is 4.25. The standard InChI is InChI=1S/C12H11N3O6S.H3N/c1-6-11(7-2-4-9(21-7)15(19)20)22-12(13-6)14-8(16)3-5-10(17)18;/h2,4H,3,5H2,1H3,(H,17,18)(H,13,14,16);1H3. The summed E-state index contributed by atoms with van der Waals surface area (Å²) in [6.07, 6.45) is -0.601. The van der Waals surface area contributed by atoms with Gasteiger partial charge in [-0.05, 0) is 19.4 Å². The molecule has 2 aromatic rings. The van der Waals surface area contributed by atoms with Crippen LogP contribution in [-0.2, 0) is 9.59 Å². The molecule has 0 radical (unpaired) electrons. The van der Waals surface area contributed by atoms with Crippen LogP contribution in [0.3, 0.4) is 0 Å². The van der Waals surface area contributed by atoms with Crippen LogP contribution in [0.15, 0.2) is 16.5 Å². The highest BCUT2D eigenvalue weighted by atomic mass is 32.1. The van der Waals surface area contributed by atoms with Crippen LogP contribution in [0.2, 0.25) is 0 Å². The molecule has 0 saturated carbocycles. The van der Waals surface area contributed by atoms with Crippen LogP contribution in [0.1, 0.15) is 18.5 Å². The first-order valence-corrected chi connectivity index (χ1v) is 6.90. The second kappa shape index (κ2) is 7.47. The van der Waals surface area contributed by atoms with Crippen LogP contribution < -0.4 is 16.6 Å². The predicted molar refractivity (Wildman–Crippen MR) is 80.1 cm³/mol. The van der Waals surface area contributed by atoms with Gasteiger partial charge in [0.15, 0.2) is 10.9 Å². The van der Waals surface area contributed by atoms with Crippen molar-refractivity contribution in [1.82, 2.24) is 11.1 Å². The lowest BCUT2D eigenvalue weighted by Gasteiger charge is -2.01. The van der Waals surface area contributed by atoms with Gasteiger partial charge in [-0.25, -0.2) is 4.98 Å². The van der Waals surface area contributed by atoms with Crippen LogP contribution in [0.4, 0.5) is 11.0 Å². The number of nitrogens with zero attached hydrogens (tertiary/aromatic N) is 2. The molecule has 0 aliphatic rings. The molecule has 0 aliphatic heterocycles. The molecule has 5 N–H and O–H groups in total. The molecule has 124 valence electrons. The fourth-order valence-corrected chi connectivity index (χ4v) is 2.57. The Morgan fingerprint density at radius 1 is 1.39 bits per heavy atom. The first-order valence-electron chi connectivity index (χ1n) is 6.08. The number of carbonyl (C=O) groups excluding carboxylic acids is 2. The Bertz CT molecular complexity index is 738. The van der Waals surface area contributed by atoms with E-state index in [4.69, 9.17) is 4.42 Å². The summed E-state index contributed by atoms with van der Waals surface area (Å²) >= 11 is 1.08. The Morgan fingerprint density at radius 2 is 2.09 bits per heavy atom. The normalized spacial score (nSPS) is 9.96. The monoisotopic (exact) mass is 342 g/mol. The summed E-state index contributed by atoms with van der Waals surface area (Å²) in [5.74, 6) is -1.93. The van der Waals surface area contributed by atoms with Crippen molar-refractivity contribution in [2.75, 3.05) is 5.32 Å². The van der Waals surface area contributed by atoms with Crippen molar-refractivity contribution < 1.29 is 24.0 Å². The summed E-state index contributed by atoms with van der Waals surface area (Å²) < 4.78 is 5.08. The quantitative estimate of drug-likeness (QED) is 0.589. The zero-order valence-electron chi connectivity index (χ0n) is 12.3. The third-order valence-electron chi connectivity index (χ3n) is 2.59. The molecule has 0 spiro atoms. The number of carbonyl (C=O) groups is 2. The Kier molecular flexibility index (Phi) is 5.93. The average molecular weight is 342 g/mol. The number of hydrogen-bond donors (Lipinski definition) is 2. The zero-order valence-corrected chi connectivity index (χ0v) is 13.1. The molecular formula is C12H14N4O6S. The minimum atomic E-state index is -1.31. The van der Waals surface area contributed by atoms with E-state index in [2.05, 4.69) is 10.3 Å². The summed E-state index contributed by atoms with van der Waals surface area (Å²) in [7, 11) is 0. The number of quaternary nitrogens is 1. The van der Waals surface area contributed by atoms with E-state index in [-0.39, 0.29) is 35.8 Å². The summed E-state index contributed by atoms with van der Waals surface area (Å²) in [5, 5.41) is 23.6. The Morgan fingerprint density at radius 3 is 2.65 bits per heavy atom. The number of aliphatic carboxylic acids is 1. The average Bonchev–Trinajstić information content (AvgIpc) is 3.03. The van der Waals surface area contributed by atoms with Gasteiger partial charge in [0.1, 0.15) is 4.92 Å². The molecule has 2 heterocycles. The van der Waals surface area contributed by atoms with Crippen molar-refractivity contribution in [2.24, 2.45) is 0 Å². The summed E-state index contributed by atoms with van der Waals surface area (Å²) in [6.45, 7) is 1.66. The highest BCUT2D eigenvalue weighted by molar-refractivity contribution is 7.19. The number of furan rings is 1. The van der Waals surface area contributed by atoms with Gasteiger partial charge in [0.25, 0.3) is 0 Å². The number of rotatable bonds is 6. The van der Waals surface area contributed by atoms with Crippen molar-refractivity contribution in [3.63, 3.8) is 0 Å². The number of amides is 1. The van der Waals surface area contributed by atoms with Gasteiger partial charge in [0, 0.05) is 12.4 Å². The number of thiazole rings is 1. The third kappa shape index (κ3) is 4.59. The van der Waals surface area contributed by atoms with Crippen LogP contribution in [0, 0.1) is 17.0 Å². The number of nitro groups is 1. The first-order chi connectivity index (χ1) is 10.4. The molecule has 0 unspecified atom stereocenters. The van der Waals surface area contributed by atoms with Gasteiger partial charge >= 0.3 is 5.88 Å². The van der Waals surface area contributed by atoms with Crippen molar-refractivity contribution in [1.29, 1.82) is 0 Å². The van der Waals surface area contributed by atoms with Crippen LogP contribution in [0.5, 0.6) is 0 Å². The maximum Gasteiger partial charge on any atom is 0.433 e. The molecule has 10 nitrogen and oxygen atoms in total. The van der Waals surface area contributed by atoms with E-state index in [0.29, 0.717) is 10.6 Å². The highest BCUT2D eigenvalue weighted by Crippen LogP contribution is 2.35. The largest absolute Gasteiger partial charge is 0.550 e. The van der Waals surface area contributed by atoms with Crippen LogP contribution in [0.25, 0.3) is 10.6 Å². The fraction of sp³-hybridized carbons (Fsp3) is 0.250. The zero-order chi connectivity index (χ0) is 16.3. The second-order valence-corrected chi connectivity index (χ2v) is 5.25. The van der Waals surface area contributed by atoms with Gasteiger partial charge in [-0.1, -0.05) is 11.3 Å². The lowest BCUT2D eigenvalue weighted by molar-refractivity contribution is -0.401. The summed E-state index contributed by atoms with van der Waals surface area (Å²) in [6, 6.07) is 2.67. The molecule has 0 atom stereocenters. The fourth-order valence-electron chi connectivity index (χ4n) is 1.62. The Hall–Kier alpha value is -2.79. The number of hydrogen-bond acceptors (Lipinski definition) is 8. The number of carboxylic acids is 1. The van der Waals surface area contributed by atoms with Gasteiger partial charge < -0.3 is 25.8 Å². The first kappa shape index (κ1) is 18.3. The SMILES string of the molecule is Cc1nc(NC(=O)CCC(=O)[O-])sc1-c1ccc([N+](=O)[O-])o1.[NH4+]. The summed E-state index contributed by atoms with van der Waals surface area (Å²) in [5.41, 5.74) is 0.532. The number of carboxylic acid groups (broad SMARTS) is 1. The van der Waals surface area contributed by atoms with Gasteiger partial charge in [-0.2, -0.15) is 0 Å². The predicted octanol–water partition coefficient (Wildman–Crippen LogP) is 1.46. The maximum atomic E-state index is 11.5. The molecule has 0 fully saturated rings. The van der Waals surface area contributed by atoms with Crippen molar-refractivity contribution in [3.05, 3.63) is 27.9 Å². The van der Waals surface area contributed by atoms with Crippen LogP contribution in [-0.4, -0.2) is 21.8 Å². The molecule has 0 aromatic carbocycles. The molecule has 0 saturated heterocycles. The molecule has 11 heteroatoms. The van der Waals surface area contributed by atoms with Gasteiger partial charge in [0.2, 0.25) is 5.91 Å². The van der Waals surface area contributed by atoms with Gasteiger partial charge in [-0.15, -0.1) is 0 Å². The summed E-state index contributed by atoms with van der Waals surface area (Å²) in [4.78, 5) is 36.4. The Labute approximate surface area is 133 Å². The van der Waals surface area contributed by atoms with E-state index >= 15 is 0 Å². The van der Waals surface area contributed by atoms with Gasteiger partial charge in [0.05, 0.1) is 16.6 Å². The molecule has 2 aromatic heterocycles. The Balaban J connectivity index is 0.00000264. The van der Waals surface area contributed by atoms with E-state index in [1.807, 2.05) is 0 Å². The number of nitrogens with one attached hydrogen (secondary N) is 1. The van der Waals surface area contributed by atoms with Crippen molar-refractivity contribution in [3.8, 4) is 10.6 Å². The molecule has 2 rings (SSSR count). The maximum absolute atomic E-state index is 11.5. The van der Waals surface area contributed by atoms with Gasteiger partial charge in [-0.3, -0.25) is 14.9 Å². The minimum Gasteiger partial charge on any atom is -0.550 e. The van der Waals surface area contributed by atoms with E-state index in [1.165, 1.54) is 12.1 Å². The number of aryl methyl sites for hydroxylation is 1. The molecular weight excluding hydrogens is 328 g/mol. The lowest BCUT2D eigenvalue weighted by Crippen LogP contribution is -2.24.